The molecule has 0 unspecified atom stereocenters. The molecule has 1 aliphatic heterocycles. The van der Waals surface area contributed by atoms with Gasteiger partial charge in [-0.15, -0.1) is 0 Å². The average molecular weight is 405 g/mol. The summed E-state index contributed by atoms with van der Waals surface area (Å²) < 4.78 is 27.2. The lowest BCUT2D eigenvalue weighted by molar-refractivity contribution is -0.141. The summed E-state index contributed by atoms with van der Waals surface area (Å²) in [5.41, 5.74) is 0. The Morgan fingerprint density at radius 3 is 2.13 bits per heavy atom. The number of carbonyl (C=O) groups is 2. The van der Waals surface area contributed by atoms with E-state index in [2.05, 4.69) is 15.9 Å². The summed E-state index contributed by atoms with van der Waals surface area (Å²) in [6.45, 7) is 0.955. The van der Waals surface area contributed by atoms with Crippen molar-refractivity contribution in [3.63, 3.8) is 0 Å². The zero-order valence-corrected chi connectivity index (χ0v) is 14.7. The Bertz CT molecular complexity index is 682. The molecule has 23 heavy (non-hydrogen) atoms. The molecule has 0 radical (unpaired) electrons. The largest absolute Gasteiger partial charge is 0.481 e. The Morgan fingerprint density at radius 1 is 1.04 bits per heavy atom. The van der Waals surface area contributed by atoms with Gasteiger partial charge in [0.25, 0.3) is 0 Å². The lowest BCUT2D eigenvalue weighted by Gasteiger charge is -2.34. The molecule has 1 amide bonds. The Hall–Kier alpha value is -1.45. The van der Waals surface area contributed by atoms with Gasteiger partial charge in [-0.2, -0.15) is 4.31 Å². The number of amides is 1. The second kappa shape index (κ2) is 7.41. The molecule has 1 heterocycles. The Kier molecular flexibility index (Phi) is 5.77. The van der Waals surface area contributed by atoms with Gasteiger partial charge in [-0.1, -0.05) is 15.9 Å². The number of aliphatic carboxylic acids is 1. The van der Waals surface area contributed by atoms with Crippen LogP contribution in [-0.2, 0) is 19.6 Å². The monoisotopic (exact) mass is 404 g/mol. The minimum Gasteiger partial charge on any atom is -0.481 e. The normalized spacial score (nSPS) is 16.3. The second-order valence-corrected chi connectivity index (χ2v) is 7.99. The first kappa shape index (κ1) is 17.9. The van der Waals surface area contributed by atoms with Crippen LogP contribution in [0.4, 0.5) is 0 Å². The topological polar surface area (TPSA) is 95.0 Å². The van der Waals surface area contributed by atoms with Crippen LogP contribution in [0.5, 0.6) is 0 Å². The molecule has 0 bridgehead atoms. The summed E-state index contributed by atoms with van der Waals surface area (Å²) in [6, 6.07) is 6.39. The molecule has 0 aliphatic carbocycles. The predicted molar refractivity (Wildman–Crippen MR) is 86.4 cm³/mol. The van der Waals surface area contributed by atoms with Crippen LogP contribution in [0.25, 0.3) is 0 Å². The van der Waals surface area contributed by atoms with Crippen molar-refractivity contribution in [2.45, 2.75) is 17.7 Å². The van der Waals surface area contributed by atoms with Gasteiger partial charge in [-0.3, -0.25) is 9.59 Å². The van der Waals surface area contributed by atoms with E-state index >= 15 is 0 Å². The van der Waals surface area contributed by atoms with Gasteiger partial charge in [-0.25, -0.2) is 8.42 Å². The number of nitrogens with zero attached hydrogens (tertiary/aromatic N) is 2. The van der Waals surface area contributed by atoms with E-state index in [0.717, 1.165) is 4.47 Å². The molecule has 1 aromatic rings. The number of carboxylic acid groups (broad SMARTS) is 1. The van der Waals surface area contributed by atoms with Crippen molar-refractivity contribution in [2.75, 3.05) is 26.2 Å². The van der Waals surface area contributed by atoms with Crippen molar-refractivity contribution in [1.82, 2.24) is 9.21 Å². The second-order valence-electron chi connectivity index (χ2n) is 5.13. The summed E-state index contributed by atoms with van der Waals surface area (Å²) in [7, 11) is -3.57. The van der Waals surface area contributed by atoms with Crippen molar-refractivity contribution < 1.29 is 23.1 Å². The van der Waals surface area contributed by atoms with E-state index in [4.69, 9.17) is 5.11 Å². The molecule has 9 heteroatoms. The van der Waals surface area contributed by atoms with Crippen LogP contribution in [0, 0.1) is 0 Å². The third-order valence-corrected chi connectivity index (χ3v) is 6.04. The fourth-order valence-corrected chi connectivity index (χ4v) is 3.99. The van der Waals surface area contributed by atoms with Crippen LogP contribution < -0.4 is 0 Å². The number of piperazine rings is 1. The summed E-state index contributed by atoms with van der Waals surface area (Å²) >= 11 is 3.26. The number of benzene rings is 1. The summed E-state index contributed by atoms with van der Waals surface area (Å²) in [5, 5.41) is 8.59. The minimum atomic E-state index is -3.57. The van der Waals surface area contributed by atoms with Gasteiger partial charge in [-0.05, 0) is 24.3 Å². The Balaban J connectivity index is 1.97. The summed E-state index contributed by atoms with van der Waals surface area (Å²) in [6.07, 6.45) is -0.273. The van der Waals surface area contributed by atoms with E-state index in [1.54, 1.807) is 12.1 Å². The third kappa shape index (κ3) is 4.52. The highest BCUT2D eigenvalue weighted by atomic mass is 79.9. The summed E-state index contributed by atoms with van der Waals surface area (Å²) in [4.78, 5) is 24.1. The molecule has 0 aromatic heterocycles. The van der Waals surface area contributed by atoms with E-state index in [-0.39, 0.29) is 49.8 Å². The van der Waals surface area contributed by atoms with Crippen LogP contribution >= 0.6 is 15.9 Å². The molecule has 7 nitrogen and oxygen atoms in total. The summed E-state index contributed by atoms with van der Waals surface area (Å²) in [5.74, 6) is -1.28. The standard InChI is InChI=1S/C14H17BrN2O5S/c15-11-1-3-12(4-2-11)23(21,22)17-9-7-16(8-10-17)13(18)5-6-14(19)20/h1-4H,5-10H2,(H,19,20). The van der Waals surface area contributed by atoms with Gasteiger partial charge in [0.05, 0.1) is 11.3 Å². The van der Waals surface area contributed by atoms with Crippen molar-refractivity contribution in [1.29, 1.82) is 0 Å². The van der Waals surface area contributed by atoms with Crippen molar-refractivity contribution in [3.8, 4) is 0 Å². The number of carboxylic acids is 1. The van der Waals surface area contributed by atoms with Crippen molar-refractivity contribution in [2.24, 2.45) is 0 Å². The van der Waals surface area contributed by atoms with Gasteiger partial charge in [0.15, 0.2) is 0 Å². The van der Waals surface area contributed by atoms with E-state index in [9.17, 15) is 18.0 Å². The minimum absolute atomic E-state index is 0.0607. The average Bonchev–Trinajstić information content (AvgIpc) is 2.53. The SMILES string of the molecule is O=C(O)CCC(=O)N1CCN(S(=O)(=O)c2ccc(Br)cc2)CC1. The fraction of sp³-hybridized carbons (Fsp3) is 0.429. The van der Waals surface area contributed by atoms with Crippen LogP contribution in [0.1, 0.15) is 12.8 Å². The van der Waals surface area contributed by atoms with Crippen LogP contribution in [-0.4, -0.2) is 60.8 Å². The molecule has 1 aliphatic rings. The Morgan fingerprint density at radius 2 is 1.61 bits per heavy atom. The molecular formula is C14H17BrN2O5S. The lowest BCUT2D eigenvalue weighted by Crippen LogP contribution is -2.50. The molecular weight excluding hydrogens is 388 g/mol. The highest BCUT2D eigenvalue weighted by Gasteiger charge is 2.30. The molecule has 0 saturated carbocycles. The number of hydrogen-bond donors (Lipinski definition) is 1. The number of sulfonamides is 1. The highest BCUT2D eigenvalue weighted by Crippen LogP contribution is 2.20. The maximum absolute atomic E-state index is 12.5. The first-order valence-corrected chi connectivity index (χ1v) is 9.29. The van der Waals surface area contributed by atoms with E-state index < -0.39 is 16.0 Å². The third-order valence-electron chi connectivity index (χ3n) is 3.60. The number of rotatable bonds is 5. The quantitative estimate of drug-likeness (QED) is 0.793. The van der Waals surface area contributed by atoms with Gasteiger partial charge < -0.3 is 10.0 Å². The van der Waals surface area contributed by atoms with E-state index in [1.165, 1.54) is 21.3 Å². The van der Waals surface area contributed by atoms with Gasteiger partial charge in [0.1, 0.15) is 0 Å². The highest BCUT2D eigenvalue weighted by molar-refractivity contribution is 9.10. The first-order valence-electron chi connectivity index (χ1n) is 7.06. The van der Waals surface area contributed by atoms with E-state index in [0.29, 0.717) is 0 Å². The molecule has 0 atom stereocenters. The fourth-order valence-electron chi connectivity index (χ4n) is 2.31. The lowest BCUT2D eigenvalue weighted by atomic mass is 10.2. The van der Waals surface area contributed by atoms with Crippen LogP contribution in [0.3, 0.4) is 0 Å². The van der Waals surface area contributed by atoms with Crippen molar-refractivity contribution >= 4 is 37.8 Å². The smallest absolute Gasteiger partial charge is 0.303 e. The maximum Gasteiger partial charge on any atom is 0.303 e. The number of halogens is 1. The van der Waals surface area contributed by atoms with Gasteiger partial charge in [0, 0.05) is 37.1 Å². The Labute approximate surface area is 143 Å². The van der Waals surface area contributed by atoms with Crippen molar-refractivity contribution in [3.05, 3.63) is 28.7 Å². The number of carbonyl (C=O) groups excluding carboxylic acids is 1. The molecule has 1 N–H and O–H groups in total. The maximum atomic E-state index is 12.5. The number of hydrogen-bond acceptors (Lipinski definition) is 4. The molecule has 0 spiro atoms. The van der Waals surface area contributed by atoms with Gasteiger partial charge >= 0.3 is 5.97 Å². The van der Waals surface area contributed by atoms with Gasteiger partial charge in [0.2, 0.25) is 15.9 Å². The predicted octanol–water partition coefficient (Wildman–Crippen LogP) is 1.15. The molecule has 2 rings (SSSR count). The first-order chi connectivity index (χ1) is 10.8. The van der Waals surface area contributed by atoms with Crippen LogP contribution in [0.15, 0.2) is 33.6 Å². The molecule has 1 saturated heterocycles. The molecule has 1 fully saturated rings. The molecule has 1 aromatic carbocycles. The zero-order chi connectivity index (χ0) is 17.0. The molecule has 126 valence electrons. The van der Waals surface area contributed by atoms with E-state index in [1.807, 2.05) is 0 Å². The van der Waals surface area contributed by atoms with Crippen LogP contribution in [0.2, 0.25) is 0 Å². The zero-order valence-electron chi connectivity index (χ0n) is 12.3.